The van der Waals surface area contributed by atoms with Crippen LogP contribution < -0.4 is 11.2 Å². The molecule has 0 spiro atoms. The van der Waals surface area contributed by atoms with Crippen molar-refractivity contribution in [2.24, 2.45) is 13.0 Å². The molecule has 6 nitrogen and oxygen atoms in total. The van der Waals surface area contributed by atoms with Gasteiger partial charge in [0.1, 0.15) is 23.4 Å². The van der Waals surface area contributed by atoms with Crippen LogP contribution in [0.15, 0.2) is 32.7 Å². The summed E-state index contributed by atoms with van der Waals surface area (Å²) < 4.78 is 54.2. The molecule has 1 aromatic carbocycles. The van der Waals surface area contributed by atoms with Crippen molar-refractivity contribution >= 4 is 17.5 Å². The molecule has 0 N–H and O–H groups in total. The smallest absolute Gasteiger partial charge is 0.299 e. The minimum atomic E-state index is -4.96. The molecule has 1 atom stereocenters. The molecule has 0 aliphatic rings. The molecular weight excluding hydrogens is 426 g/mol. The third kappa shape index (κ3) is 4.48. The second-order valence-electron chi connectivity index (χ2n) is 6.85. The molecule has 1 heterocycles. The van der Waals surface area contributed by atoms with Crippen molar-refractivity contribution in [2.45, 2.75) is 37.1 Å². The summed E-state index contributed by atoms with van der Waals surface area (Å²) in [7, 11) is 0.808. The number of hydrogen-bond acceptors (Lipinski definition) is 5. The van der Waals surface area contributed by atoms with E-state index in [-0.39, 0.29) is 37.4 Å². The number of halogens is 4. The van der Waals surface area contributed by atoms with Gasteiger partial charge in [0.05, 0.1) is 16.5 Å². The zero-order valence-corrected chi connectivity index (χ0v) is 17.2. The molecule has 30 heavy (non-hydrogen) atoms. The number of carbonyl (C=O) groups is 1. The number of benzene rings is 1. The monoisotopic (exact) mass is 443 g/mol. The van der Waals surface area contributed by atoms with Crippen LogP contribution in [0.25, 0.3) is 5.69 Å². The molecule has 2 aromatic rings. The van der Waals surface area contributed by atoms with E-state index < -0.39 is 39.9 Å². The first-order valence-electron chi connectivity index (χ1n) is 8.61. The molecular formula is C19H17F4N3O3S. The zero-order valence-electron chi connectivity index (χ0n) is 16.4. The summed E-state index contributed by atoms with van der Waals surface area (Å²) >= 11 is 0.954. The van der Waals surface area contributed by atoms with Gasteiger partial charge in [0.15, 0.2) is 0 Å². The summed E-state index contributed by atoms with van der Waals surface area (Å²) in [5.41, 5.74) is -5.00. The molecule has 0 saturated heterocycles. The van der Waals surface area contributed by atoms with Gasteiger partial charge >= 0.3 is 11.9 Å². The first kappa shape index (κ1) is 23.4. The fraction of sp³-hybridized carbons (Fsp3) is 0.368. The van der Waals surface area contributed by atoms with E-state index in [1.54, 1.807) is 19.9 Å². The van der Waals surface area contributed by atoms with Gasteiger partial charge in [-0.15, -0.1) is 11.8 Å². The number of carbonyl (C=O) groups excluding carboxylic acids is 1. The van der Waals surface area contributed by atoms with Gasteiger partial charge in [-0.1, -0.05) is 13.8 Å². The van der Waals surface area contributed by atoms with Gasteiger partial charge in [-0.05, 0) is 25.0 Å². The van der Waals surface area contributed by atoms with Crippen molar-refractivity contribution in [1.29, 1.82) is 5.26 Å². The highest BCUT2D eigenvalue weighted by atomic mass is 32.2. The first-order valence-corrected chi connectivity index (χ1v) is 9.49. The van der Waals surface area contributed by atoms with Gasteiger partial charge < -0.3 is 0 Å². The van der Waals surface area contributed by atoms with Crippen LogP contribution in [0, 0.1) is 23.1 Å². The van der Waals surface area contributed by atoms with Crippen LogP contribution in [0.2, 0.25) is 0 Å². The van der Waals surface area contributed by atoms with Gasteiger partial charge in [0.2, 0.25) is 0 Å². The van der Waals surface area contributed by atoms with Crippen LogP contribution in [0.4, 0.5) is 17.6 Å². The number of ketones is 1. The predicted molar refractivity (Wildman–Crippen MR) is 102 cm³/mol. The maximum absolute atomic E-state index is 14.6. The molecule has 0 aliphatic heterocycles. The molecule has 2 rings (SSSR count). The van der Waals surface area contributed by atoms with Crippen molar-refractivity contribution in [3.63, 3.8) is 0 Å². The molecule has 0 radical (unpaired) electrons. The Kier molecular flexibility index (Phi) is 6.61. The highest BCUT2D eigenvalue weighted by Gasteiger charge is 2.35. The standard InChI is InChI=1S/C19H17F4N3O3S/c1-9(2)17(10(3)27)30-14-6-13(12(20)5-11(14)8-24)26-16(28)7-15(19(21,22)23)25(4)18(26)29/h5-7,9,17H,1-4H3. The van der Waals surface area contributed by atoms with Crippen molar-refractivity contribution in [3.05, 3.63) is 56.1 Å². The molecule has 0 amide bonds. The van der Waals surface area contributed by atoms with Crippen LogP contribution in [0.3, 0.4) is 0 Å². The van der Waals surface area contributed by atoms with Crippen molar-refractivity contribution < 1.29 is 22.4 Å². The molecule has 1 aromatic heterocycles. The Bertz CT molecular complexity index is 1160. The Hall–Kier alpha value is -2.87. The van der Waals surface area contributed by atoms with Gasteiger partial charge in [-0.2, -0.15) is 18.4 Å². The number of Topliss-reactive ketones (excluding diaryl/α,β-unsaturated/α-hetero) is 1. The number of thioether (sulfide) groups is 1. The molecule has 160 valence electrons. The Balaban J connectivity index is 2.77. The van der Waals surface area contributed by atoms with Crippen LogP contribution in [-0.2, 0) is 18.0 Å². The van der Waals surface area contributed by atoms with Crippen LogP contribution in [0.1, 0.15) is 32.0 Å². The normalized spacial score (nSPS) is 12.7. The molecule has 0 bridgehead atoms. The Labute approximate surface area is 172 Å². The summed E-state index contributed by atoms with van der Waals surface area (Å²) in [6.45, 7) is 4.89. The van der Waals surface area contributed by atoms with E-state index in [1.807, 2.05) is 0 Å². The Morgan fingerprint density at radius 1 is 1.20 bits per heavy atom. The highest BCUT2D eigenvalue weighted by molar-refractivity contribution is 8.00. The summed E-state index contributed by atoms with van der Waals surface area (Å²) in [6.07, 6.45) is -4.96. The maximum atomic E-state index is 14.6. The SMILES string of the molecule is CC(=O)C(Sc1cc(-n2c(=O)cc(C(F)(F)F)n(C)c2=O)c(F)cc1C#N)C(C)C. The van der Waals surface area contributed by atoms with E-state index in [4.69, 9.17) is 0 Å². The third-order valence-electron chi connectivity index (χ3n) is 4.28. The van der Waals surface area contributed by atoms with E-state index in [1.165, 1.54) is 6.92 Å². The van der Waals surface area contributed by atoms with Crippen LogP contribution >= 0.6 is 11.8 Å². The predicted octanol–water partition coefficient (Wildman–Crippen LogP) is 3.27. The third-order valence-corrected chi connectivity index (χ3v) is 6.00. The van der Waals surface area contributed by atoms with Gasteiger partial charge in [0.25, 0.3) is 5.56 Å². The lowest BCUT2D eigenvalue weighted by Crippen LogP contribution is -2.41. The lowest BCUT2D eigenvalue weighted by Gasteiger charge is -2.19. The zero-order chi connectivity index (χ0) is 23.0. The number of rotatable bonds is 5. The second-order valence-corrected chi connectivity index (χ2v) is 8.03. The Morgan fingerprint density at radius 2 is 1.80 bits per heavy atom. The van der Waals surface area contributed by atoms with E-state index in [0.717, 1.165) is 30.9 Å². The summed E-state index contributed by atoms with van der Waals surface area (Å²) in [4.78, 5) is 36.7. The van der Waals surface area contributed by atoms with Crippen molar-refractivity contribution in [1.82, 2.24) is 9.13 Å². The topological polar surface area (TPSA) is 84.9 Å². The van der Waals surface area contributed by atoms with Crippen molar-refractivity contribution in [3.8, 4) is 11.8 Å². The van der Waals surface area contributed by atoms with Gasteiger partial charge in [0, 0.05) is 18.0 Å². The fourth-order valence-corrected chi connectivity index (χ4v) is 3.97. The van der Waals surface area contributed by atoms with E-state index in [9.17, 15) is 37.2 Å². The van der Waals surface area contributed by atoms with Crippen molar-refractivity contribution in [2.75, 3.05) is 0 Å². The fourth-order valence-electron chi connectivity index (χ4n) is 2.84. The van der Waals surface area contributed by atoms with E-state index in [0.29, 0.717) is 0 Å². The summed E-state index contributed by atoms with van der Waals surface area (Å²) in [6, 6.07) is 3.77. The average Bonchev–Trinajstić information content (AvgIpc) is 2.62. The summed E-state index contributed by atoms with van der Waals surface area (Å²) in [5, 5.41) is 8.70. The maximum Gasteiger partial charge on any atom is 0.431 e. The van der Waals surface area contributed by atoms with Crippen LogP contribution in [-0.4, -0.2) is 20.2 Å². The molecule has 0 fully saturated rings. The van der Waals surface area contributed by atoms with E-state index >= 15 is 0 Å². The number of aromatic nitrogens is 2. The first-order chi connectivity index (χ1) is 13.8. The number of hydrogen-bond donors (Lipinski definition) is 0. The minimum Gasteiger partial charge on any atom is -0.299 e. The lowest BCUT2D eigenvalue weighted by atomic mass is 10.1. The quantitative estimate of drug-likeness (QED) is 0.523. The number of nitrogens with zero attached hydrogens (tertiary/aromatic N) is 3. The molecule has 0 aliphatic carbocycles. The minimum absolute atomic E-state index is 0.122. The number of alkyl halides is 3. The van der Waals surface area contributed by atoms with Gasteiger partial charge in [-0.3, -0.25) is 14.2 Å². The lowest BCUT2D eigenvalue weighted by molar-refractivity contribution is -0.144. The Morgan fingerprint density at radius 3 is 2.27 bits per heavy atom. The van der Waals surface area contributed by atoms with Gasteiger partial charge in [-0.25, -0.2) is 13.8 Å². The molecule has 11 heteroatoms. The highest BCUT2D eigenvalue weighted by Crippen LogP contribution is 2.33. The largest absolute Gasteiger partial charge is 0.431 e. The average molecular weight is 443 g/mol. The molecule has 1 unspecified atom stereocenters. The number of nitriles is 1. The van der Waals surface area contributed by atoms with E-state index in [2.05, 4.69) is 0 Å². The molecule has 0 saturated carbocycles. The second kappa shape index (κ2) is 8.47. The van der Waals surface area contributed by atoms with Crippen LogP contribution in [0.5, 0.6) is 0 Å². The summed E-state index contributed by atoms with van der Waals surface area (Å²) in [5.74, 6) is -1.49.